The Labute approximate surface area is 124 Å². The third-order valence-corrected chi connectivity index (χ3v) is 3.61. The number of rotatable bonds is 5. The van der Waals surface area contributed by atoms with Gasteiger partial charge >= 0.3 is 0 Å². The topological polar surface area (TPSA) is 53.7 Å². The fourth-order valence-electron chi connectivity index (χ4n) is 2.36. The van der Waals surface area contributed by atoms with Crippen molar-refractivity contribution in [1.29, 1.82) is 0 Å². The van der Waals surface area contributed by atoms with E-state index in [4.69, 9.17) is 19.9 Å². The van der Waals surface area contributed by atoms with Crippen molar-refractivity contribution in [3.63, 3.8) is 0 Å². The summed E-state index contributed by atoms with van der Waals surface area (Å²) in [6, 6.07) is 12.1. The molecule has 1 heterocycles. The van der Waals surface area contributed by atoms with Gasteiger partial charge in [0, 0.05) is 6.54 Å². The Balaban J connectivity index is 1.58. The van der Waals surface area contributed by atoms with Crippen LogP contribution in [-0.2, 0) is 24.5 Å². The second-order valence-corrected chi connectivity index (χ2v) is 5.15. The largest absolute Gasteiger partial charge is 0.454 e. The highest BCUT2D eigenvalue weighted by atomic mass is 16.7. The third-order valence-electron chi connectivity index (χ3n) is 3.61. The van der Waals surface area contributed by atoms with Crippen LogP contribution in [0.25, 0.3) is 0 Å². The summed E-state index contributed by atoms with van der Waals surface area (Å²) < 4.78 is 16.4. The molecule has 0 spiro atoms. The first kappa shape index (κ1) is 13.9. The number of hydrogen-bond acceptors (Lipinski definition) is 4. The summed E-state index contributed by atoms with van der Waals surface area (Å²) in [6.07, 6.45) is 0. The van der Waals surface area contributed by atoms with Gasteiger partial charge in [0.05, 0.1) is 13.2 Å². The summed E-state index contributed by atoms with van der Waals surface area (Å²) in [6.45, 7) is 4.09. The number of ether oxygens (including phenoxy) is 3. The molecule has 0 atom stereocenters. The highest BCUT2D eigenvalue weighted by molar-refractivity contribution is 5.44. The van der Waals surface area contributed by atoms with Crippen LogP contribution in [0.5, 0.6) is 11.5 Å². The Morgan fingerprint density at radius 1 is 1.00 bits per heavy atom. The third kappa shape index (κ3) is 3.17. The summed E-state index contributed by atoms with van der Waals surface area (Å²) >= 11 is 0. The fraction of sp³-hybridized carbons (Fsp3) is 0.294. The molecule has 4 heteroatoms. The molecule has 4 nitrogen and oxygen atoms in total. The molecule has 0 bridgehead atoms. The Bertz CT molecular complexity index is 640. The van der Waals surface area contributed by atoms with Gasteiger partial charge in [-0.3, -0.25) is 0 Å². The van der Waals surface area contributed by atoms with E-state index in [0.717, 1.165) is 22.6 Å². The number of benzene rings is 2. The standard InChI is InChI=1S/C17H19NO3/c1-12-6-13(8-18)2-4-15(12)10-19-9-14-3-5-16-17(7-14)21-11-20-16/h2-7H,8-11,18H2,1H3. The smallest absolute Gasteiger partial charge is 0.231 e. The van der Waals surface area contributed by atoms with Crippen LogP contribution >= 0.6 is 0 Å². The van der Waals surface area contributed by atoms with Gasteiger partial charge in [0.15, 0.2) is 11.5 Å². The first-order chi connectivity index (χ1) is 10.3. The molecule has 2 aromatic carbocycles. The normalized spacial score (nSPS) is 12.7. The van der Waals surface area contributed by atoms with E-state index < -0.39 is 0 Å². The molecule has 2 aromatic rings. The zero-order chi connectivity index (χ0) is 14.7. The van der Waals surface area contributed by atoms with Crippen LogP contribution in [0, 0.1) is 6.92 Å². The van der Waals surface area contributed by atoms with E-state index >= 15 is 0 Å². The van der Waals surface area contributed by atoms with Gasteiger partial charge in [0.1, 0.15) is 0 Å². The summed E-state index contributed by atoms with van der Waals surface area (Å²) in [5, 5.41) is 0. The average Bonchev–Trinajstić information content (AvgIpc) is 2.96. The van der Waals surface area contributed by atoms with Gasteiger partial charge in [0.25, 0.3) is 0 Å². The Hall–Kier alpha value is -2.04. The van der Waals surface area contributed by atoms with Gasteiger partial charge in [-0.05, 0) is 41.3 Å². The Morgan fingerprint density at radius 2 is 1.81 bits per heavy atom. The van der Waals surface area contributed by atoms with Crippen LogP contribution in [0.4, 0.5) is 0 Å². The molecule has 0 aliphatic carbocycles. The maximum absolute atomic E-state index is 5.79. The van der Waals surface area contributed by atoms with E-state index in [1.54, 1.807) is 0 Å². The SMILES string of the molecule is Cc1cc(CN)ccc1COCc1ccc2c(c1)OCO2. The van der Waals surface area contributed by atoms with Crippen LogP contribution in [-0.4, -0.2) is 6.79 Å². The molecule has 1 aliphatic rings. The van der Waals surface area contributed by atoms with E-state index in [0.29, 0.717) is 26.6 Å². The lowest BCUT2D eigenvalue weighted by molar-refractivity contribution is 0.106. The number of nitrogens with two attached hydrogens (primary N) is 1. The summed E-state index contributed by atoms with van der Waals surface area (Å²) in [5.41, 5.74) is 10.3. The van der Waals surface area contributed by atoms with Crippen molar-refractivity contribution in [2.75, 3.05) is 6.79 Å². The molecule has 0 fully saturated rings. The van der Waals surface area contributed by atoms with Crippen molar-refractivity contribution in [2.45, 2.75) is 26.7 Å². The molecule has 0 saturated carbocycles. The number of fused-ring (bicyclic) bond motifs is 1. The molecule has 3 rings (SSSR count). The Morgan fingerprint density at radius 3 is 2.62 bits per heavy atom. The molecule has 0 radical (unpaired) electrons. The van der Waals surface area contributed by atoms with Crippen LogP contribution < -0.4 is 15.2 Å². The van der Waals surface area contributed by atoms with Crippen molar-refractivity contribution in [3.8, 4) is 11.5 Å². The predicted molar refractivity (Wildman–Crippen MR) is 80.1 cm³/mol. The minimum absolute atomic E-state index is 0.298. The molecule has 110 valence electrons. The molecular weight excluding hydrogens is 266 g/mol. The first-order valence-corrected chi connectivity index (χ1v) is 7.01. The van der Waals surface area contributed by atoms with E-state index in [1.807, 2.05) is 24.3 Å². The molecule has 0 aromatic heterocycles. The second kappa shape index (κ2) is 6.16. The molecule has 21 heavy (non-hydrogen) atoms. The number of hydrogen-bond donors (Lipinski definition) is 1. The zero-order valence-electron chi connectivity index (χ0n) is 12.1. The molecule has 1 aliphatic heterocycles. The summed E-state index contributed by atoms with van der Waals surface area (Å²) in [7, 11) is 0. The van der Waals surface area contributed by atoms with Crippen LogP contribution in [0.15, 0.2) is 36.4 Å². The minimum Gasteiger partial charge on any atom is -0.454 e. The van der Waals surface area contributed by atoms with E-state index in [-0.39, 0.29) is 0 Å². The lowest BCUT2D eigenvalue weighted by Gasteiger charge is -2.09. The van der Waals surface area contributed by atoms with E-state index in [9.17, 15) is 0 Å². The average molecular weight is 285 g/mol. The molecule has 0 unspecified atom stereocenters. The van der Waals surface area contributed by atoms with Crippen molar-refractivity contribution in [3.05, 3.63) is 58.7 Å². The molecular formula is C17H19NO3. The second-order valence-electron chi connectivity index (χ2n) is 5.15. The van der Waals surface area contributed by atoms with E-state index in [1.165, 1.54) is 11.1 Å². The summed E-state index contributed by atoms with van der Waals surface area (Å²) in [5.74, 6) is 1.59. The van der Waals surface area contributed by atoms with Crippen molar-refractivity contribution < 1.29 is 14.2 Å². The van der Waals surface area contributed by atoms with E-state index in [2.05, 4.69) is 19.1 Å². The first-order valence-electron chi connectivity index (χ1n) is 7.01. The highest BCUT2D eigenvalue weighted by Gasteiger charge is 2.13. The predicted octanol–water partition coefficient (Wildman–Crippen LogP) is 2.90. The maximum Gasteiger partial charge on any atom is 0.231 e. The van der Waals surface area contributed by atoms with Crippen LogP contribution in [0.1, 0.15) is 22.3 Å². The van der Waals surface area contributed by atoms with Gasteiger partial charge in [-0.2, -0.15) is 0 Å². The lowest BCUT2D eigenvalue weighted by Crippen LogP contribution is -2.00. The lowest BCUT2D eigenvalue weighted by atomic mass is 10.1. The van der Waals surface area contributed by atoms with Gasteiger partial charge in [-0.1, -0.05) is 24.3 Å². The van der Waals surface area contributed by atoms with Crippen LogP contribution in [0.3, 0.4) is 0 Å². The minimum atomic E-state index is 0.298. The summed E-state index contributed by atoms with van der Waals surface area (Å²) in [4.78, 5) is 0. The molecule has 0 saturated heterocycles. The van der Waals surface area contributed by atoms with Gasteiger partial charge in [0.2, 0.25) is 6.79 Å². The van der Waals surface area contributed by atoms with Crippen molar-refractivity contribution >= 4 is 0 Å². The van der Waals surface area contributed by atoms with Gasteiger partial charge in [-0.25, -0.2) is 0 Å². The molecule has 0 amide bonds. The van der Waals surface area contributed by atoms with Gasteiger partial charge < -0.3 is 19.9 Å². The highest BCUT2D eigenvalue weighted by Crippen LogP contribution is 2.32. The van der Waals surface area contributed by atoms with Crippen molar-refractivity contribution in [1.82, 2.24) is 0 Å². The monoisotopic (exact) mass is 285 g/mol. The molecule has 2 N–H and O–H groups in total. The fourth-order valence-corrected chi connectivity index (χ4v) is 2.36. The number of aryl methyl sites for hydroxylation is 1. The zero-order valence-corrected chi connectivity index (χ0v) is 12.1. The maximum atomic E-state index is 5.79. The quantitative estimate of drug-likeness (QED) is 0.917. The Kier molecular flexibility index (Phi) is 4.08. The van der Waals surface area contributed by atoms with Gasteiger partial charge in [-0.15, -0.1) is 0 Å². The van der Waals surface area contributed by atoms with Crippen molar-refractivity contribution in [2.24, 2.45) is 5.73 Å². The van der Waals surface area contributed by atoms with Crippen LogP contribution in [0.2, 0.25) is 0 Å².